The van der Waals surface area contributed by atoms with Crippen molar-refractivity contribution in [1.82, 2.24) is 19.4 Å². The SMILES string of the molecule is CC(C)n1c2cc(N3CCC(N4CCN(C)CC4)CC3)c(Br)cc2c(=O)c2c3ccc(C#N)cc3[nH]c21. The first-order valence-electron chi connectivity index (χ1n) is 13.3. The van der Waals surface area contributed by atoms with Crippen LogP contribution in [0, 0.1) is 11.3 Å². The summed E-state index contributed by atoms with van der Waals surface area (Å²) in [5.41, 5.74) is 4.34. The van der Waals surface area contributed by atoms with Crippen LogP contribution < -0.4 is 10.3 Å². The van der Waals surface area contributed by atoms with Crippen LogP contribution in [0.5, 0.6) is 0 Å². The zero-order valence-corrected chi connectivity index (χ0v) is 23.3. The third-order valence-electron chi connectivity index (χ3n) is 8.32. The topological polar surface area (TPSA) is 71.3 Å². The van der Waals surface area contributed by atoms with Crippen molar-refractivity contribution in [3.05, 3.63) is 50.6 Å². The third-order valence-corrected chi connectivity index (χ3v) is 8.96. The van der Waals surface area contributed by atoms with Gasteiger partial charge in [0.25, 0.3) is 0 Å². The van der Waals surface area contributed by atoms with E-state index in [0.29, 0.717) is 17.0 Å². The van der Waals surface area contributed by atoms with Gasteiger partial charge in [0.05, 0.1) is 28.2 Å². The van der Waals surface area contributed by atoms with Crippen molar-refractivity contribution in [2.24, 2.45) is 0 Å². The fraction of sp³-hybridized carbons (Fsp3) is 0.448. The van der Waals surface area contributed by atoms with Crippen LogP contribution in [-0.2, 0) is 0 Å². The number of piperidine rings is 1. The van der Waals surface area contributed by atoms with Gasteiger partial charge in [-0.1, -0.05) is 6.07 Å². The summed E-state index contributed by atoms with van der Waals surface area (Å²) < 4.78 is 3.21. The lowest BCUT2D eigenvalue weighted by Crippen LogP contribution is -2.52. The van der Waals surface area contributed by atoms with E-state index in [1.165, 1.54) is 0 Å². The molecule has 0 unspecified atom stereocenters. The molecule has 4 aromatic rings. The Balaban J connectivity index is 1.42. The molecule has 1 N–H and O–H groups in total. The maximum absolute atomic E-state index is 13.8. The third kappa shape index (κ3) is 4.14. The summed E-state index contributed by atoms with van der Waals surface area (Å²) in [6.45, 7) is 11.0. The number of anilines is 1. The van der Waals surface area contributed by atoms with Gasteiger partial charge in [-0.2, -0.15) is 5.26 Å². The molecule has 8 heteroatoms. The lowest BCUT2D eigenvalue weighted by atomic mass is 10.0. The van der Waals surface area contributed by atoms with E-state index in [0.717, 1.165) is 89.7 Å². The van der Waals surface area contributed by atoms with Gasteiger partial charge in [0.1, 0.15) is 5.65 Å². The zero-order chi connectivity index (χ0) is 25.8. The number of fused-ring (bicyclic) bond motifs is 4. The summed E-state index contributed by atoms with van der Waals surface area (Å²) in [5.74, 6) is 0. The van der Waals surface area contributed by atoms with E-state index in [2.05, 4.69) is 73.2 Å². The van der Waals surface area contributed by atoms with Crippen LogP contribution in [0.4, 0.5) is 5.69 Å². The molecule has 6 rings (SSSR count). The summed E-state index contributed by atoms with van der Waals surface area (Å²) in [4.78, 5) is 24.9. The number of H-pyrrole nitrogens is 1. The van der Waals surface area contributed by atoms with E-state index < -0.39 is 0 Å². The molecular formula is C29H33BrN6O. The first-order valence-corrected chi connectivity index (χ1v) is 14.1. The highest BCUT2D eigenvalue weighted by Gasteiger charge is 2.28. The highest BCUT2D eigenvalue weighted by atomic mass is 79.9. The van der Waals surface area contributed by atoms with Crippen molar-refractivity contribution < 1.29 is 0 Å². The van der Waals surface area contributed by atoms with Crippen LogP contribution in [-0.4, -0.2) is 71.7 Å². The standard InChI is InChI=1S/C29H33BrN6O/c1-18(2)36-25-16-26(35-8-6-20(7-9-35)34-12-10-33(3)11-13-34)23(30)15-22(25)28(37)27-21-5-4-19(17-31)14-24(21)32-29(27)36/h4-5,14-16,18,20,32H,6-13H2,1-3H3. The molecule has 4 heterocycles. The molecule has 0 atom stereocenters. The van der Waals surface area contributed by atoms with Crippen molar-refractivity contribution in [2.45, 2.75) is 38.8 Å². The second kappa shape index (κ2) is 9.46. The Morgan fingerprint density at radius 1 is 1.03 bits per heavy atom. The minimum Gasteiger partial charge on any atom is -0.370 e. The molecule has 192 valence electrons. The number of hydrogen-bond donors (Lipinski definition) is 1. The van der Waals surface area contributed by atoms with Crippen LogP contribution in [0.15, 0.2) is 39.6 Å². The van der Waals surface area contributed by atoms with Gasteiger partial charge in [-0.25, -0.2) is 0 Å². The molecule has 0 aliphatic carbocycles. The van der Waals surface area contributed by atoms with E-state index in [4.69, 9.17) is 0 Å². The van der Waals surface area contributed by atoms with E-state index in [1.54, 1.807) is 6.07 Å². The number of piperazine rings is 1. The van der Waals surface area contributed by atoms with Crippen molar-refractivity contribution >= 4 is 54.5 Å². The lowest BCUT2D eigenvalue weighted by Gasteiger charge is -2.42. The molecule has 0 radical (unpaired) electrons. The van der Waals surface area contributed by atoms with Gasteiger partial charge in [0.15, 0.2) is 5.43 Å². The van der Waals surface area contributed by atoms with Crippen LogP contribution in [0.2, 0.25) is 0 Å². The number of aromatic amines is 1. The fourth-order valence-corrected chi connectivity index (χ4v) is 6.88. The van der Waals surface area contributed by atoms with Gasteiger partial charge in [-0.05, 0) is 73.9 Å². The minimum absolute atomic E-state index is 0.0267. The van der Waals surface area contributed by atoms with Crippen molar-refractivity contribution in [2.75, 3.05) is 51.2 Å². The Morgan fingerprint density at radius 2 is 1.76 bits per heavy atom. The molecule has 2 aliphatic rings. The number of pyridine rings is 1. The molecule has 0 amide bonds. The summed E-state index contributed by atoms with van der Waals surface area (Å²) in [7, 11) is 2.21. The highest BCUT2D eigenvalue weighted by Crippen LogP contribution is 2.36. The van der Waals surface area contributed by atoms with Gasteiger partial charge in [-0.3, -0.25) is 9.69 Å². The molecule has 0 bridgehead atoms. The smallest absolute Gasteiger partial charge is 0.199 e. The van der Waals surface area contributed by atoms with E-state index >= 15 is 0 Å². The van der Waals surface area contributed by atoms with Gasteiger partial charge in [-0.15, -0.1) is 0 Å². The minimum atomic E-state index is 0.0267. The van der Waals surface area contributed by atoms with Crippen LogP contribution in [0.3, 0.4) is 0 Å². The number of hydrogen-bond acceptors (Lipinski definition) is 5. The quantitative estimate of drug-likeness (QED) is 0.379. The van der Waals surface area contributed by atoms with Crippen LogP contribution in [0.1, 0.15) is 38.3 Å². The fourth-order valence-electron chi connectivity index (χ4n) is 6.29. The molecule has 0 spiro atoms. The monoisotopic (exact) mass is 560 g/mol. The normalized spacial score (nSPS) is 18.4. The Bertz CT molecular complexity index is 1600. The summed E-state index contributed by atoms with van der Waals surface area (Å²) in [6, 6.07) is 12.7. The summed E-state index contributed by atoms with van der Waals surface area (Å²) in [5, 5.41) is 11.6. The van der Waals surface area contributed by atoms with Crippen molar-refractivity contribution in [3.8, 4) is 6.07 Å². The number of likely N-dealkylation sites (N-methyl/N-ethyl adjacent to an activating group) is 1. The molecule has 2 aliphatic heterocycles. The number of nitriles is 1. The van der Waals surface area contributed by atoms with E-state index in [9.17, 15) is 10.1 Å². The predicted octanol–water partition coefficient (Wildman–Crippen LogP) is 5.07. The molecule has 0 saturated carbocycles. The molecule has 37 heavy (non-hydrogen) atoms. The second-order valence-corrected chi connectivity index (χ2v) is 11.7. The van der Waals surface area contributed by atoms with Gasteiger partial charge < -0.3 is 19.4 Å². The number of halogens is 1. The number of nitrogens with one attached hydrogen (secondary N) is 1. The number of benzene rings is 2. The number of nitrogens with zero attached hydrogens (tertiary/aromatic N) is 5. The molecule has 2 aromatic heterocycles. The van der Waals surface area contributed by atoms with Crippen molar-refractivity contribution in [1.29, 1.82) is 5.26 Å². The molecule has 2 fully saturated rings. The highest BCUT2D eigenvalue weighted by molar-refractivity contribution is 9.10. The lowest BCUT2D eigenvalue weighted by molar-refractivity contribution is 0.0982. The average molecular weight is 562 g/mol. The van der Waals surface area contributed by atoms with E-state index in [-0.39, 0.29) is 11.5 Å². The summed E-state index contributed by atoms with van der Waals surface area (Å²) >= 11 is 3.82. The Kier molecular flexibility index (Phi) is 6.26. The first kappa shape index (κ1) is 24.5. The van der Waals surface area contributed by atoms with Crippen molar-refractivity contribution in [3.63, 3.8) is 0 Å². The Hall–Kier alpha value is -2.86. The van der Waals surface area contributed by atoms with Gasteiger partial charge in [0.2, 0.25) is 0 Å². The van der Waals surface area contributed by atoms with Crippen LogP contribution >= 0.6 is 15.9 Å². The second-order valence-electron chi connectivity index (χ2n) is 10.9. The van der Waals surface area contributed by atoms with Gasteiger partial charge >= 0.3 is 0 Å². The molecule has 7 nitrogen and oxygen atoms in total. The Labute approximate surface area is 225 Å². The Morgan fingerprint density at radius 3 is 2.43 bits per heavy atom. The first-order chi connectivity index (χ1) is 17.9. The van der Waals surface area contributed by atoms with E-state index in [1.807, 2.05) is 18.2 Å². The predicted molar refractivity (Wildman–Crippen MR) is 155 cm³/mol. The molecular weight excluding hydrogens is 528 g/mol. The largest absolute Gasteiger partial charge is 0.370 e. The zero-order valence-electron chi connectivity index (χ0n) is 21.7. The maximum atomic E-state index is 13.8. The average Bonchev–Trinajstić information content (AvgIpc) is 3.27. The number of aromatic nitrogens is 2. The molecule has 2 aromatic carbocycles. The number of rotatable bonds is 3. The maximum Gasteiger partial charge on any atom is 0.199 e. The van der Waals surface area contributed by atoms with Gasteiger partial charge in [0, 0.05) is 72.1 Å². The van der Waals surface area contributed by atoms with Crippen LogP contribution in [0.25, 0.3) is 32.8 Å². The summed E-state index contributed by atoms with van der Waals surface area (Å²) in [6.07, 6.45) is 2.32. The molecule has 2 saturated heterocycles.